The van der Waals surface area contributed by atoms with Crippen LogP contribution >= 0.6 is 0 Å². The third kappa shape index (κ3) is 3.06. The van der Waals surface area contributed by atoms with Gasteiger partial charge in [-0.25, -0.2) is 4.79 Å². The Hall–Kier alpha value is -2.37. The smallest absolute Gasteiger partial charge is 0.326 e. The number of carbonyl (C=O) groups is 3. The van der Waals surface area contributed by atoms with E-state index in [1.165, 1.54) is 0 Å². The Morgan fingerprint density at radius 1 is 1.30 bits per heavy atom. The molecule has 1 aromatic rings. The van der Waals surface area contributed by atoms with Gasteiger partial charge in [0.05, 0.1) is 0 Å². The van der Waals surface area contributed by atoms with Crippen molar-refractivity contribution in [1.82, 2.24) is 10.2 Å². The predicted octanol–water partition coefficient (Wildman–Crippen LogP) is 1.90. The molecule has 0 atom stereocenters. The van der Waals surface area contributed by atoms with Crippen molar-refractivity contribution in [2.24, 2.45) is 0 Å². The number of hydrogen-bond acceptors (Lipinski definition) is 4. The number of ether oxygens (including phenoxy) is 1. The molecule has 1 N–H and O–H groups in total. The fraction of sp³-hybridized carbons (Fsp3) is 0.471. The van der Waals surface area contributed by atoms with Gasteiger partial charge in [0.15, 0.2) is 0 Å². The molecule has 6 nitrogen and oxygen atoms in total. The van der Waals surface area contributed by atoms with Gasteiger partial charge < -0.3 is 10.1 Å². The average Bonchev–Trinajstić information content (AvgIpc) is 3.07. The number of amides is 3. The molecule has 23 heavy (non-hydrogen) atoms. The lowest BCUT2D eigenvalue weighted by Gasteiger charge is -2.19. The molecule has 3 amide bonds. The molecular formula is C17H20N2O4. The second kappa shape index (κ2) is 6.02. The summed E-state index contributed by atoms with van der Waals surface area (Å²) < 4.78 is 5.18. The van der Waals surface area contributed by atoms with E-state index in [0.717, 1.165) is 28.9 Å². The Kier molecular flexibility index (Phi) is 4.07. The summed E-state index contributed by atoms with van der Waals surface area (Å²) in [5, 5.41) is 2.75. The van der Waals surface area contributed by atoms with Crippen molar-refractivity contribution in [2.45, 2.75) is 44.8 Å². The monoisotopic (exact) mass is 316 g/mol. The molecular weight excluding hydrogens is 296 g/mol. The summed E-state index contributed by atoms with van der Waals surface area (Å²) >= 11 is 0. The molecule has 3 rings (SSSR count). The number of benzene rings is 1. The number of nitrogens with zero attached hydrogens (tertiary/aromatic N) is 1. The van der Waals surface area contributed by atoms with Crippen molar-refractivity contribution in [3.05, 3.63) is 35.4 Å². The lowest BCUT2D eigenvalue weighted by atomic mass is 9.98. The van der Waals surface area contributed by atoms with Crippen molar-refractivity contribution in [3.8, 4) is 0 Å². The van der Waals surface area contributed by atoms with Crippen LogP contribution in [0.3, 0.4) is 0 Å². The third-order valence-corrected chi connectivity index (χ3v) is 4.47. The van der Waals surface area contributed by atoms with Gasteiger partial charge in [-0.1, -0.05) is 42.7 Å². The minimum Gasteiger partial charge on any atom is -0.459 e. The third-order valence-electron chi connectivity index (χ3n) is 4.47. The highest BCUT2D eigenvalue weighted by Gasteiger charge is 2.52. The highest BCUT2D eigenvalue weighted by Crippen LogP contribution is 2.34. The molecule has 6 heteroatoms. The largest absolute Gasteiger partial charge is 0.459 e. The molecule has 0 radical (unpaired) electrons. The normalized spacial score (nSPS) is 19.3. The number of imide groups is 1. The minimum absolute atomic E-state index is 0.134. The second-order valence-electron chi connectivity index (χ2n) is 6.26. The molecule has 1 saturated carbocycles. The lowest BCUT2D eigenvalue weighted by Crippen LogP contribution is -2.44. The summed E-state index contributed by atoms with van der Waals surface area (Å²) in [6, 6.07) is 7.14. The fourth-order valence-electron chi connectivity index (χ4n) is 3.28. The summed E-state index contributed by atoms with van der Waals surface area (Å²) in [6.45, 7) is 1.76. The van der Waals surface area contributed by atoms with E-state index in [1.54, 1.807) is 0 Å². The summed E-state index contributed by atoms with van der Waals surface area (Å²) in [7, 11) is 0. The van der Waals surface area contributed by atoms with Crippen molar-refractivity contribution >= 4 is 17.9 Å². The molecule has 0 aromatic heterocycles. The molecule has 0 bridgehead atoms. The van der Waals surface area contributed by atoms with E-state index in [9.17, 15) is 14.4 Å². The topological polar surface area (TPSA) is 75.7 Å². The first-order chi connectivity index (χ1) is 11.0. The van der Waals surface area contributed by atoms with Crippen LogP contribution in [0.1, 0.15) is 36.8 Å². The average molecular weight is 316 g/mol. The van der Waals surface area contributed by atoms with Crippen LogP contribution in [-0.4, -0.2) is 34.9 Å². The molecule has 122 valence electrons. The first-order valence-electron chi connectivity index (χ1n) is 7.85. The summed E-state index contributed by atoms with van der Waals surface area (Å²) in [5.41, 5.74) is 1.17. The zero-order valence-corrected chi connectivity index (χ0v) is 13.1. The highest BCUT2D eigenvalue weighted by atomic mass is 16.5. The van der Waals surface area contributed by atoms with Gasteiger partial charge in [-0.05, 0) is 25.3 Å². The van der Waals surface area contributed by atoms with Crippen molar-refractivity contribution in [3.63, 3.8) is 0 Å². The molecule has 2 aliphatic rings. The van der Waals surface area contributed by atoms with Gasteiger partial charge in [-0.2, -0.15) is 0 Å². The zero-order chi connectivity index (χ0) is 16.4. The first-order valence-corrected chi connectivity index (χ1v) is 7.85. The molecule has 1 heterocycles. The van der Waals surface area contributed by atoms with E-state index in [1.807, 2.05) is 31.2 Å². The number of urea groups is 1. The Morgan fingerprint density at radius 3 is 2.74 bits per heavy atom. The minimum atomic E-state index is -0.784. The number of rotatable bonds is 4. The SMILES string of the molecule is Cc1cccc(COC(=O)CN2C(=O)NC3(CCCC3)C2=O)c1. The van der Waals surface area contributed by atoms with Crippen LogP contribution in [0.4, 0.5) is 4.79 Å². The Labute approximate surface area is 134 Å². The summed E-state index contributed by atoms with van der Waals surface area (Å²) in [6.07, 6.45) is 3.12. The van der Waals surface area contributed by atoms with Gasteiger partial charge in [-0.15, -0.1) is 0 Å². The van der Waals surface area contributed by atoms with Gasteiger partial charge in [0.2, 0.25) is 0 Å². The molecule has 0 unspecified atom stereocenters. The van der Waals surface area contributed by atoms with Gasteiger partial charge in [0, 0.05) is 0 Å². The molecule has 1 spiro atoms. The van der Waals surface area contributed by atoms with Crippen LogP contribution in [0.15, 0.2) is 24.3 Å². The number of carbonyl (C=O) groups excluding carboxylic acids is 3. The highest BCUT2D eigenvalue weighted by molar-refractivity contribution is 6.08. The molecule has 1 aromatic carbocycles. The van der Waals surface area contributed by atoms with E-state index >= 15 is 0 Å². The zero-order valence-electron chi connectivity index (χ0n) is 13.1. The Balaban J connectivity index is 1.57. The Morgan fingerprint density at radius 2 is 2.04 bits per heavy atom. The quantitative estimate of drug-likeness (QED) is 0.680. The predicted molar refractivity (Wildman–Crippen MR) is 82.4 cm³/mol. The molecule has 1 aliphatic carbocycles. The van der Waals surface area contributed by atoms with Crippen LogP contribution in [-0.2, 0) is 20.9 Å². The van der Waals surface area contributed by atoms with E-state index in [4.69, 9.17) is 4.74 Å². The summed E-state index contributed by atoms with van der Waals surface area (Å²) in [4.78, 5) is 37.3. The van der Waals surface area contributed by atoms with Crippen molar-refractivity contribution in [1.29, 1.82) is 0 Å². The van der Waals surface area contributed by atoms with E-state index in [0.29, 0.717) is 12.8 Å². The first kappa shape index (κ1) is 15.5. The second-order valence-corrected chi connectivity index (χ2v) is 6.26. The fourth-order valence-corrected chi connectivity index (χ4v) is 3.28. The van der Waals surface area contributed by atoms with Gasteiger partial charge in [-0.3, -0.25) is 14.5 Å². The molecule has 2 fully saturated rings. The Bertz CT molecular complexity index is 650. The van der Waals surface area contributed by atoms with E-state index in [-0.39, 0.29) is 19.1 Å². The maximum absolute atomic E-state index is 12.4. The molecule has 1 aliphatic heterocycles. The van der Waals surface area contributed by atoms with Crippen LogP contribution in [0.25, 0.3) is 0 Å². The molecule has 1 saturated heterocycles. The van der Waals surface area contributed by atoms with Crippen LogP contribution in [0.5, 0.6) is 0 Å². The van der Waals surface area contributed by atoms with Crippen molar-refractivity contribution in [2.75, 3.05) is 6.54 Å². The van der Waals surface area contributed by atoms with Crippen LogP contribution < -0.4 is 5.32 Å². The van der Waals surface area contributed by atoms with E-state index < -0.39 is 17.5 Å². The van der Waals surface area contributed by atoms with Crippen molar-refractivity contribution < 1.29 is 19.1 Å². The van der Waals surface area contributed by atoms with Crippen LogP contribution in [0, 0.1) is 6.92 Å². The number of nitrogens with one attached hydrogen (secondary N) is 1. The number of esters is 1. The van der Waals surface area contributed by atoms with Gasteiger partial charge in [0.25, 0.3) is 5.91 Å². The van der Waals surface area contributed by atoms with E-state index in [2.05, 4.69) is 5.32 Å². The van der Waals surface area contributed by atoms with Gasteiger partial charge >= 0.3 is 12.0 Å². The lowest BCUT2D eigenvalue weighted by molar-refractivity contribution is -0.148. The summed E-state index contributed by atoms with van der Waals surface area (Å²) in [5.74, 6) is -0.877. The van der Waals surface area contributed by atoms with Gasteiger partial charge in [0.1, 0.15) is 18.7 Å². The van der Waals surface area contributed by atoms with Crippen LogP contribution in [0.2, 0.25) is 0 Å². The number of hydrogen-bond donors (Lipinski definition) is 1. The standard InChI is InChI=1S/C17H20N2O4/c1-12-5-4-6-13(9-12)11-23-14(20)10-19-15(21)17(18-16(19)22)7-2-3-8-17/h4-6,9H,2-3,7-8,10-11H2,1H3,(H,18,22). The number of aryl methyl sites for hydroxylation is 1. The maximum Gasteiger partial charge on any atom is 0.326 e. The maximum atomic E-state index is 12.4.